The summed E-state index contributed by atoms with van der Waals surface area (Å²) in [5.74, 6) is -1.75. The Morgan fingerprint density at radius 3 is 2.61 bits per heavy atom. The Kier molecular flexibility index (Phi) is 7.10. The molecule has 1 aromatic carbocycles. The van der Waals surface area contributed by atoms with E-state index in [0.717, 1.165) is 16.9 Å². The van der Waals surface area contributed by atoms with Crippen LogP contribution in [0.15, 0.2) is 36.4 Å². The highest BCUT2D eigenvalue weighted by atomic mass is 32.1. The van der Waals surface area contributed by atoms with Gasteiger partial charge in [0.05, 0.1) is 29.6 Å². The van der Waals surface area contributed by atoms with Crippen LogP contribution in [-0.2, 0) is 14.4 Å². The molecule has 0 aliphatic carbocycles. The fourth-order valence-corrected chi connectivity index (χ4v) is 3.01. The van der Waals surface area contributed by atoms with Crippen molar-refractivity contribution in [2.45, 2.75) is 13.0 Å². The molecular weight excluding hydrogens is 382 g/mol. The number of thiophene rings is 1. The van der Waals surface area contributed by atoms with Crippen molar-refractivity contribution in [3.8, 4) is 5.75 Å². The van der Waals surface area contributed by atoms with Crippen LogP contribution in [0.5, 0.6) is 5.75 Å². The molecule has 0 saturated carbocycles. The van der Waals surface area contributed by atoms with Gasteiger partial charge in [-0.05, 0) is 36.8 Å². The molecule has 0 aliphatic heterocycles. The second-order valence-electron chi connectivity index (χ2n) is 5.78. The normalized spacial score (nSPS) is 11.2. The lowest BCUT2D eigenvalue weighted by molar-refractivity contribution is -0.136. The van der Waals surface area contributed by atoms with Crippen molar-refractivity contribution in [3.63, 3.8) is 0 Å². The Hall–Kier alpha value is -3.40. The number of anilines is 1. The van der Waals surface area contributed by atoms with Gasteiger partial charge in [-0.25, -0.2) is 0 Å². The molecule has 148 valence electrons. The molecule has 2 rings (SSSR count). The van der Waals surface area contributed by atoms with Crippen LogP contribution in [0.1, 0.15) is 23.4 Å². The second-order valence-corrected chi connectivity index (χ2v) is 6.86. The minimum Gasteiger partial charge on any atom is -0.497 e. The van der Waals surface area contributed by atoms with Gasteiger partial charge in [0.2, 0.25) is 5.91 Å². The molecule has 10 heteroatoms. The van der Waals surface area contributed by atoms with Crippen LogP contribution in [0.25, 0.3) is 0 Å². The number of methoxy groups -OCH3 is 1. The summed E-state index contributed by atoms with van der Waals surface area (Å²) >= 11 is 1.07. The van der Waals surface area contributed by atoms with Gasteiger partial charge in [-0.3, -0.25) is 19.8 Å². The summed E-state index contributed by atoms with van der Waals surface area (Å²) in [7, 11) is 1.56. The summed E-state index contributed by atoms with van der Waals surface area (Å²) in [4.78, 5) is 36.2. The first kappa shape index (κ1) is 20.9. The Balaban J connectivity index is 1.81. The third-order valence-electron chi connectivity index (χ3n) is 3.70. The maximum atomic E-state index is 12.0. The van der Waals surface area contributed by atoms with Crippen LogP contribution in [0.3, 0.4) is 0 Å². The molecule has 0 spiro atoms. The first-order valence-electron chi connectivity index (χ1n) is 8.27. The Morgan fingerprint density at radius 1 is 1.21 bits per heavy atom. The maximum Gasteiger partial charge on any atom is 0.314 e. The molecule has 1 atom stereocenters. The zero-order valence-electron chi connectivity index (χ0n) is 15.4. The van der Waals surface area contributed by atoms with Crippen LogP contribution in [0.2, 0.25) is 0 Å². The zero-order valence-corrected chi connectivity index (χ0v) is 16.2. The number of amidine groups is 1. The van der Waals surface area contributed by atoms with Crippen LogP contribution in [0, 0.1) is 5.41 Å². The number of amides is 3. The minimum absolute atomic E-state index is 0.128. The highest BCUT2D eigenvalue weighted by Gasteiger charge is 2.17. The van der Waals surface area contributed by atoms with Crippen molar-refractivity contribution in [3.05, 3.63) is 46.8 Å². The number of hydrogen-bond donors (Lipinski definition) is 5. The first-order chi connectivity index (χ1) is 13.3. The average Bonchev–Trinajstić information content (AvgIpc) is 3.14. The van der Waals surface area contributed by atoms with Crippen molar-refractivity contribution >= 4 is 39.9 Å². The largest absolute Gasteiger partial charge is 0.497 e. The monoisotopic (exact) mass is 403 g/mol. The van der Waals surface area contributed by atoms with Gasteiger partial charge in [-0.1, -0.05) is 12.1 Å². The number of carbonyl (C=O) groups is 3. The van der Waals surface area contributed by atoms with E-state index in [-0.39, 0.29) is 18.4 Å². The molecule has 6 N–H and O–H groups in total. The van der Waals surface area contributed by atoms with Crippen LogP contribution in [0.4, 0.5) is 5.00 Å². The summed E-state index contributed by atoms with van der Waals surface area (Å²) in [6.07, 6.45) is 0. The molecular formula is C18H21N5O4S. The molecule has 0 bridgehead atoms. The van der Waals surface area contributed by atoms with Crippen LogP contribution in [-0.4, -0.2) is 37.2 Å². The molecule has 0 fully saturated rings. The SMILES string of the molecule is COc1cccc([C@@H](C)NC(=O)CNC(=O)C(=O)Nc2ccc(C(=N)N)s2)c1. The summed E-state index contributed by atoms with van der Waals surface area (Å²) in [6, 6.07) is 10.0. The number of nitrogen functional groups attached to an aromatic ring is 1. The van der Waals surface area contributed by atoms with E-state index in [4.69, 9.17) is 15.9 Å². The average molecular weight is 403 g/mol. The van der Waals surface area contributed by atoms with Crippen LogP contribution >= 0.6 is 11.3 Å². The van der Waals surface area contributed by atoms with E-state index >= 15 is 0 Å². The van der Waals surface area contributed by atoms with E-state index < -0.39 is 17.7 Å². The van der Waals surface area contributed by atoms with Gasteiger partial charge in [0, 0.05) is 0 Å². The van der Waals surface area contributed by atoms with Crippen molar-refractivity contribution in [1.29, 1.82) is 5.41 Å². The van der Waals surface area contributed by atoms with Crippen molar-refractivity contribution in [2.75, 3.05) is 19.0 Å². The number of ether oxygens (including phenoxy) is 1. The van der Waals surface area contributed by atoms with Gasteiger partial charge in [-0.15, -0.1) is 11.3 Å². The highest BCUT2D eigenvalue weighted by molar-refractivity contribution is 7.18. The topological polar surface area (TPSA) is 146 Å². The standard InChI is InChI=1S/C18H21N5O4S/c1-10(11-4-3-5-12(8-11)27-2)22-14(24)9-21-17(25)18(26)23-15-7-6-13(28-15)16(19)20/h3-8,10H,9H2,1-2H3,(H3,19,20)(H,21,25)(H,22,24)(H,23,26)/t10-/m1/s1. The van der Waals surface area contributed by atoms with Crippen molar-refractivity contribution in [1.82, 2.24) is 10.6 Å². The fraction of sp³-hybridized carbons (Fsp3) is 0.222. The Bertz CT molecular complexity index is 896. The highest BCUT2D eigenvalue weighted by Crippen LogP contribution is 2.21. The molecule has 0 aliphatic rings. The number of benzene rings is 1. The lowest BCUT2D eigenvalue weighted by Gasteiger charge is -2.15. The van der Waals surface area contributed by atoms with E-state index in [1.54, 1.807) is 32.2 Å². The molecule has 0 unspecified atom stereocenters. The summed E-state index contributed by atoms with van der Waals surface area (Å²) in [5, 5.41) is 15.1. The molecule has 1 aromatic heterocycles. The zero-order chi connectivity index (χ0) is 20.7. The van der Waals surface area contributed by atoms with Gasteiger partial charge in [0.1, 0.15) is 11.6 Å². The molecule has 2 aromatic rings. The molecule has 28 heavy (non-hydrogen) atoms. The van der Waals surface area contributed by atoms with Gasteiger partial charge in [-0.2, -0.15) is 0 Å². The third-order valence-corrected chi connectivity index (χ3v) is 4.73. The summed E-state index contributed by atoms with van der Waals surface area (Å²) < 4.78 is 5.15. The minimum atomic E-state index is -0.943. The van der Waals surface area contributed by atoms with Gasteiger partial charge >= 0.3 is 11.8 Å². The van der Waals surface area contributed by atoms with Gasteiger partial charge < -0.3 is 26.4 Å². The molecule has 0 saturated heterocycles. The molecule has 0 radical (unpaired) electrons. The lowest BCUT2D eigenvalue weighted by Crippen LogP contribution is -2.42. The molecule has 3 amide bonds. The van der Waals surface area contributed by atoms with E-state index in [9.17, 15) is 14.4 Å². The van der Waals surface area contributed by atoms with Gasteiger partial charge in [0.25, 0.3) is 0 Å². The maximum absolute atomic E-state index is 12.0. The van der Waals surface area contributed by atoms with Crippen molar-refractivity contribution in [2.24, 2.45) is 5.73 Å². The quantitative estimate of drug-likeness (QED) is 0.266. The predicted molar refractivity (Wildman–Crippen MR) is 107 cm³/mol. The van der Waals surface area contributed by atoms with E-state index in [1.807, 2.05) is 12.1 Å². The fourth-order valence-electron chi connectivity index (χ4n) is 2.25. The van der Waals surface area contributed by atoms with Gasteiger partial charge in [0.15, 0.2) is 0 Å². The number of rotatable bonds is 7. The van der Waals surface area contributed by atoms with Crippen LogP contribution < -0.4 is 26.4 Å². The Morgan fingerprint density at radius 2 is 1.96 bits per heavy atom. The second kappa shape index (κ2) is 9.51. The number of hydrogen-bond acceptors (Lipinski definition) is 6. The first-order valence-corrected chi connectivity index (χ1v) is 9.08. The predicted octanol–water partition coefficient (Wildman–Crippen LogP) is 0.973. The van der Waals surface area contributed by atoms with E-state index in [0.29, 0.717) is 15.6 Å². The summed E-state index contributed by atoms with van der Waals surface area (Å²) in [5.41, 5.74) is 6.19. The Labute approximate surface area is 165 Å². The van der Waals surface area contributed by atoms with Crippen molar-refractivity contribution < 1.29 is 19.1 Å². The lowest BCUT2D eigenvalue weighted by atomic mass is 10.1. The molecule has 9 nitrogen and oxygen atoms in total. The van der Waals surface area contributed by atoms with E-state index in [1.165, 1.54) is 6.07 Å². The molecule has 1 heterocycles. The number of nitrogens with two attached hydrogens (primary N) is 1. The smallest absolute Gasteiger partial charge is 0.314 e. The third kappa shape index (κ3) is 5.81. The number of carbonyl (C=O) groups excluding carboxylic acids is 3. The summed E-state index contributed by atoms with van der Waals surface area (Å²) in [6.45, 7) is 1.45. The number of nitrogens with one attached hydrogen (secondary N) is 4. The van der Waals surface area contributed by atoms with E-state index in [2.05, 4.69) is 16.0 Å².